The minimum absolute atomic E-state index is 0.164. The van der Waals surface area contributed by atoms with E-state index in [-0.39, 0.29) is 11.1 Å². The molecule has 0 unspecified atom stereocenters. The molecule has 0 saturated carbocycles. The van der Waals surface area contributed by atoms with Crippen LogP contribution in [0.25, 0.3) is 22.3 Å². The second kappa shape index (κ2) is 10.0. The highest BCUT2D eigenvalue weighted by molar-refractivity contribution is 5.93. The van der Waals surface area contributed by atoms with Crippen LogP contribution in [0.2, 0.25) is 0 Å². The van der Waals surface area contributed by atoms with Crippen molar-refractivity contribution < 1.29 is 37.4 Å². The van der Waals surface area contributed by atoms with Gasteiger partial charge in [-0.1, -0.05) is 23.4 Å². The Morgan fingerprint density at radius 2 is 1.78 bits per heavy atom. The van der Waals surface area contributed by atoms with Gasteiger partial charge in [0, 0.05) is 19.1 Å². The van der Waals surface area contributed by atoms with Crippen LogP contribution in [0.1, 0.15) is 39.6 Å². The van der Waals surface area contributed by atoms with Gasteiger partial charge in [0.25, 0.3) is 0 Å². The van der Waals surface area contributed by atoms with Crippen molar-refractivity contribution in [3.63, 3.8) is 0 Å². The number of rotatable bonds is 7. The van der Waals surface area contributed by atoms with Crippen LogP contribution in [-0.2, 0) is 15.8 Å². The Kier molecular flexibility index (Phi) is 7.03. The summed E-state index contributed by atoms with van der Waals surface area (Å²) in [6.45, 7) is 2.13. The number of aryl methyl sites for hydroxylation is 1. The smallest absolute Gasteiger partial charge is 0.416 e. The molecule has 9 heteroatoms. The number of oxime groups is 1. The number of aromatic carboxylic acids is 1. The van der Waals surface area contributed by atoms with Crippen molar-refractivity contribution in [3.05, 3.63) is 76.9 Å². The predicted octanol–water partition coefficient (Wildman–Crippen LogP) is 6.52. The molecular formula is C27H24F3NO5. The highest BCUT2D eigenvalue weighted by Gasteiger charge is 2.34. The standard InChI is InChI=1S/C27H24F3NO5/c1-15-12-17(26(32)33)4-7-19(15)16-5-9-24(34-2)21(13-16)20-8-6-18(27(28,29)30)14-22(20)25(35-3)23-10-11-36-31-23/h4-9,12-14,25H,10-11H2,1-3H3,(H,32,33)/t25-/m1/s1. The van der Waals surface area contributed by atoms with E-state index in [4.69, 9.17) is 14.3 Å². The molecule has 1 aliphatic heterocycles. The van der Waals surface area contributed by atoms with Crippen molar-refractivity contribution >= 4 is 11.7 Å². The molecule has 3 aromatic carbocycles. The third kappa shape index (κ3) is 4.92. The minimum atomic E-state index is -4.55. The van der Waals surface area contributed by atoms with Gasteiger partial charge in [0.15, 0.2) is 0 Å². The molecular weight excluding hydrogens is 475 g/mol. The van der Waals surface area contributed by atoms with Crippen molar-refractivity contribution in [2.45, 2.75) is 25.6 Å². The van der Waals surface area contributed by atoms with E-state index in [2.05, 4.69) is 5.16 Å². The van der Waals surface area contributed by atoms with Crippen LogP contribution in [0.5, 0.6) is 5.75 Å². The molecule has 0 amide bonds. The van der Waals surface area contributed by atoms with Gasteiger partial charge in [-0.3, -0.25) is 0 Å². The number of hydrogen-bond acceptors (Lipinski definition) is 5. The van der Waals surface area contributed by atoms with Gasteiger partial charge in [-0.25, -0.2) is 4.79 Å². The fourth-order valence-corrected chi connectivity index (χ4v) is 4.35. The molecule has 0 aliphatic carbocycles. The van der Waals surface area contributed by atoms with Crippen LogP contribution in [0.4, 0.5) is 13.2 Å². The number of ether oxygens (including phenoxy) is 2. The Balaban J connectivity index is 1.92. The first-order chi connectivity index (χ1) is 17.1. The molecule has 1 heterocycles. The average Bonchev–Trinajstić information content (AvgIpc) is 3.38. The summed E-state index contributed by atoms with van der Waals surface area (Å²) >= 11 is 0. The molecule has 1 aliphatic rings. The summed E-state index contributed by atoms with van der Waals surface area (Å²) in [5.41, 5.74) is 3.46. The SMILES string of the molecule is COc1ccc(-c2ccc(C(=O)O)cc2C)cc1-c1ccc(C(F)(F)F)cc1[C@@H](OC)C1=NOCC1. The lowest BCUT2D eigenvalue weighted by Gasteiger charge is -2.22. The predicted molar refractivity (Wildman–Crippen MR) is 128 cm³/mol. The summed E-state index contributed by atoms with van der Waals surface area (Å²) in [5.74, 6) is -0.571. The fourth-order valence-electron chi connectivity index (χ4n) is 4.35. The Morgan fingerprint density at radius 3 is 2.36 bits per heavy atom. The summed E-state index contributed by atoms with van der Waals surface area (Å²) in [5, 5.41) is 13.3. The molecule has 0 spiro atoms. The van der Waals surface area contributed by atoms with E-state index in [9.17, 15) is 23.1 Å². The van der Waals surface area contributed by atoms with Gasteiger partial charge >= 0.3 is 12.1 Å². The summed E-state index contributed by atoms with van der Waals surface area (Å²) in [4.78, 5) is 16.4. The average molecular weight is 499 g/mol. The van der Waals surface area contributed by atoms with Crippen LogP contribution >= 0.6 is 0 Å². The van der Waals surface area contributed by atoms with E-state index in [0.29, 0.717) is 35.6 Å². The minimum Gasteiger partial charge on any atom is -0.496 e. The van der Waals surface area contributed by atoms with E-state index in [1.54, 1.807) is 25.1 Å². The number of carbonyl (C=O) groups is 1. The van der Waals surface area contributed by atoms with Crippen molar-refractivity contribution in [1.29, 1.82) is 0 Å². The first-order valence-electron chi connectivity index (χ1n) is 11.1. The molecule has 1 N–H and O–H groups in total. The quantitative estimate of drug-likeness (QED) is 0.401. The number of methoxy groups -OCH3 is 2. The molecule has 0 aromatic heterocycles. The molecule has 0 bridgehead atoms. The second-order valence-electron chi connectivity index (χ2n) is 8.33. The van der Waals surface area contributed by atoms with E-state index in [1.165, 1.54) is 26.4 Å². The van der Waals surface area contributed by atoms with Gasteiger partial charge in [0.05, 0.1) is 23.9 Å². The van der Waals surface area contributed by atoms with Crippen LogP contribution in [0, 0.1) is 6.92 Å². The van der Waals surface area contributed by atoms with Gasteiger partial charge in [-0.15, -0.1) is 0 Å². The van der Waals surface area contributed by atoms with E-state index < -0.39 is 23.8 Å². The van der Waals surface area contributed by atoms with E-state index in [1.807, 2.05) is 12.1 Å². The number of hydrogen-bond donors (Lipinski definition) is 1. The molecule has 36 heavy (non-hydrogen) atoms. The second-order valence-corrected chi connectivity index (χ2v) is 8.33. The van der Waals surface area contributed by atoms with Crippen molar-refractivity contribution in [2.24, 2.45) is 5.16 Å². The van der Waals surface area contributed by atoms with Crippen LogP contribution in [0.15, 0.2) is 59.8 Å². The zero-order valence-electron chi connectivity index (χ0n) is 19.8. The number of halogens is 3. The zero-order chi connectivity index (χ0) is 26.0. The van der Waals surface area contributed by atoms with Gasteiger partial charge in [-0.2, -0.15) is 13.2 Å². The number of carboxylic acid groups (broad SMARTS) is 1. The number of carboxylic acids is 1. The number of nitrogens with zero attached hydrogens (tertiary/aromatic N) is 1. The molecule has 3 aromatic rings. The lowest BCUT2D eigenvalue weighted by Crippen LogP contribution is -2.16. The van der Waals surface area contributed by atoms with E-state index in [0.717, 1.165) is 28.8 Å². The van der Waals surface area contributed by atoms with Crippen molar-refractivity contribution in [3.8, 4) is 28.0 Å². The van der Waals surface area contributed by atoms with Gasteiger partial charge in [-0.05, 0) is 71.1 Å². The molecule has 0 saturated heterocycles. The molecule has 188 valence electrons. The lowest BCUT2D eigenvalue weighted by molar-refractivity contribution is -0.137. The highest BCUT2D eigenvalue weighted by atomic mass is 19.4. The zero-order valence-corrected chi connectivity index (χ0v) is 19.8. The maximum atomic E-state index is 13.6. The normalized spacial score (nSPS) is 14.2. The third-order valence-electron chi connectivity index (χ3n) is 6.11. The fraction of sp³-hybridized carbons (Fsp3) is 0.259. The Bertz CT molecular complexity index is 1330. The number of alkyl halides is 3. The van der Waals surface area contributed by atoms with Crippen molar-refractivity contribution in [1.82, 2.24) is 0 Å². The van der Waals surface area contributed by atoms with Gasteiger partial charge in [0.2, 0.25) is 0 Å². The Morgan fingerprint density at radius 1 is 1.03 bits per heavy atom. The first kappa shape index (κ1) is 25.2. The Labute approximate surface area is 205 Å². The monoisotopic (exact) mass is 499 g/mol. The van der Waals surface area contributed by atoms with E-state index >= 15 is 0 Å². The summed E-state index contributed by atoms with van der Waals surface area (Å²) in [6, 6.07) is 13.7. The summed E-state index contributed by atoms with van der Waals surface area (Å²) in [7, 11) is 2.90. The van der Waals surface area contributed by atoms with Crippen molar-refractivity contribution in [2.75, 3.05) is 20.8 Å². The maximum Gasteiger partial charge on any atom is 0.416 e. The summed E-state index contributed by atoms with van der Waals surface area (Å²) in [6.07, 6.45) is -4.97. The molecule has 1 atom stereocenters. The maximum absolute atomic E-state index is 13.6. The highest BCUT2D eigenvalue weighted by Crippen LogP contribution is 2.42. The third-order valence-corrected chi connectivity index (χ3v) is 6.11. The van der Waals surface area contributed by atoms with Crippen LogP contribution in [0.3, 0.4) is 0 Å². The van der Waals surface area contributed by atoms with Gasteiger partial charge < -0.3 is 19.4 Å². The molecule has 0 radical (unpaired) electrons. The molecule has 0 fully saturated rings. The molecule has 6 nitrogen and oxygen atoms in total. The first-order valence-corrected chi connectivity index (χ1v) is 11.1. The largest absolute Gasteiger partial charge is 0.496 e. The number of benzene rings is 3. The summed E-state index contributed by atoms with van der Waals surface area (Å²) < 4.78 is 52.1. The topological polar surface area (TPSA) is 77.4 Å². The van der Waals surface area contributed by atoms with Crippen LogP contribution in [-0.4, -0.2) is 37.6 Å². The van der Waals surface area contributed by atoms with Crippen LogP contribution < -0.4 is 4.74 Å². The van der Waals surface area contributed by atoms with Gasteiger partial charge in [0.1, 0.15) is 18.5 Å². The lowest BCUT2D eigenvalue weighted by atomic mass is 9.89. The molecule has 4 rings (SSSR count). The Hall–Kier alpha value is -3.85.